The highest BCUT2D eigenvalue weighted by atomic mass is 16.1. The molecule has 0 spiro atoms. The van der Waals surface area contributed by atoms with E-state index in [9.17, 15) is 4.79 Å². The van der Waals surface area contributed by atoms with E-state index in [0.29, 0.717) is 12.8 Å². The van der Waals surface area contributed by atoms with E-state index in [1.165, 1.54) is 5.56 Å². The first kappa shape index (κ1) is 10.5. The van der Waals surface area contributed by atoms with Crippen molar-refractivity contribution < 1.29 is 4.79 Å². The quantitative estimate of drug-likeness (QED) is 0.654. The molecular weight excluding hydrogens is 174 g/mol. The molecule has 1 aromatic rings. The van der Waals surface area contributed by atoms with Gasteiger partial charge in [0.05, 0.1) is 0 Å². The average molecular weight is 188 g/mol. The van der Waals surface area contributed by atoms with Crippen molar-refractivity contribution in [1.29, 1.82) is 0 Å². The SMILES string of the molecule is [NH]C(=O)CCC=CCc1ccccc1. The van der Waals surface area contributed by atoms with Crippen LogP contribution < -0.4 is 5.73 Å². The fourth-order valence-electron chi connectivity index (χ4n) is 1.17. The van der Waals surface area contributed by atoms with Crippen LogP contribution in [0.5, 0.6) is 0 Å². The Bertz CT molecular complexity index is 303. The summed E-state index contributed by atoms with van der Waals surface area (Å²) in [6.45, 7) is 0. The van der Waals surface area contributed by atoms with Crippen molar-refractivity contribution in [2.75, 3.05) is 0 Å². The molecule has 2 heteroatoms. The number of rotatable bonds is 5. The molecule has 0 aliphatic carbocycles. The third kappa shape index (κ3) is 4.45. The topological polar surface area (TPSA) is 40.9 Å². The van der Waals surface area contributed by atoms with Crippen molar-refractivity contribution in [1.82, 2.24) is 5.73 Å². The molecule has 2 nitrogen and oxygen atoms in total. The second-order valence-electron chi connectivity index (χ2n) is 3.12. The zero-order valence-electron chi connectivity index (χ0n) is 8.07. The molecule has 0 unspecified atom stereocenters. The summed E-state index contributed by atoms with van der Waals surface area (Å²) in [5.41, 5.74) is 7.97. The molecule has 73 valence electrons. The van der Waals surface area contributed by atoms with Gasteiger partial charge in [-0.2, -0.15) is 0 Å². The first-order valence-corrected chi connectivity index (χ1v) is 4.72. The summed E-state index contributed by atoms with van der Waals surface area (Å²) in [6, 6.07) is 10.2. The minimum absolute atomic E-state index is 0.325. The van der Waals surface area contributed by atoms with Crippen LogP contribution in [0.3, 0.4) is 0 Å². The zero-order valence-corrected chi connectivity index (χ0v) is 8.07. The first-order valence-electron chi connectivity index (χ1n) is 4.72. The van der Waals surface area contributed by atoms with Gasteiger partial charge in [-0.15, -0.1) is 0 Å². The normalized spacial score (nSPS) is 10.6. The highest BCUT2D eigenvalue weighted by molar-refractivity contribution is 5.72. The summed E-state index contributed by atoms with van der Waals surface area (Å²) < 4.78 is 0. The Labute approximate surface area is 84.4 Å². The van der Waals surface area contributed by atoms with Crippen LogP contribution >= 0.6 is 0 Å². The van der Waals surface area contributed by atoms with Gasteiger partial charge in [0.1, 0.15) is 0 Å². The van der Waals surface area contributed by atoms with E-state index in [1.807, 2.05) is 30.4 Å². The van der Waals surface area contributed by atoms with Gasteiger partial charge in [0.2, 0.25) is 5.91 Å². The number of carbonyl (C=O) groups excluding carboxylic acids is 1. The zero-order chi connectivity index (χ0) is 10.2. The average Bonchev–Trinajstić information content (AvgIpc) is 2.18. The monoisotopic (exact) mass is 188 g/mol. The third-order valence-electron chi connectivity index (χ3n) is 1.90. The van der Waals surface area contributed by atoms with E-state index in [-0.39, 0.29) is 0 Å². The first-order chi connectivity index (χ1) is 6.79. The Morgan fingerprint density at radius 2 is 1.93 bits per heavy atom. The smallest absolute Gasteiger partial charge is 0.238 e. The number of benzene rings is 1. The van der Waals surface area contributed by atoms with E-state index >= 15 is 0 Å². The van der Waals surface area contributed by atoms with Crippen molar-refractivity contribution in [3.63, 3.8) is 0 Å². The van der Waals surface area contributed by atoms with Crippen molar-refractivity contribution in [3.05, 3.63) is 48.0 Å². The minimum Gasteiger partial charge on any atom is -0.273 e. The van der Waals surface area contributed by atoms with Gasteiger partial charge < -0.3 is 0 Å². The molecule has 1 N–H and O–H groups in total. The van der Waals surface area contributed by atoms with Gasteiger partial charge in [0.15, 0.2) is 0 Å². The van der Waals surface area contributed by atoms with Crippen LogP contribution in [-0.4, -0.2) is 5.91 Å². The molecular formula is C12H14NO. The second kappa shape index (κ2) is 5.97. The number of hydrogen-bond donors (Lipinski definition) is 0. The number of amides is 1. The molecule has 1 amide bonds. The van der Waals surface area contributed by atoms with Crippen molar-refractivity contribution in [2.24, 2.45) is 0 Å². The second-order valence-corrected chi connectivity index (χ2v) is 3.12. The van der Waals surface area contributed by atoms with Crippen molar-refractivity contribution in [3.8, 4) is 0 Å². The van der Waals surface area contributed by atoms with Gasteiger partial charge >= 0.3 is 0 Å². The van der Waals surface area contributed by atoms with Gasteiger partial charge in [0, 0.05) is 6.42 Å². The maximum absolute atomic E-state index is 10.3. The number of allylic oxidation sites excluding steroid dienone is 2. The Morgan fingerprint density at radius 1 is 1.21 bits per heavy atom. The van der Waals surface area contributed by atoms with E-state index in [1.54, 1.807) is 0 Å². The van der Waals surface area contributed by atoms with Crippen LogP contribution in [0.2, 0.25) is 0 Å². The van der Waals surface area contributed by atoms with Crippen LogP contribution in [0.15, 0.2) is 42.5 Å². The fraction of sp³-hybridized carbons (Fsp3) is 0.250. The minimum atomic E-state index is -0.491. The molecule has 0 saturated carbocycles. The van der Waals surface area contributed by atoms with Gasteiger partial charge in [-0.3, -0.25) is 10.5 Å². The van der Waals surface area contributed by atoms with Crippen molar-refractivity contribution >= 4 is 5.91 Å². The summed E-state index contributed by atoms with van der Waals surface area (Å²) in [5, 5.41) is 0. The summed E-state index contributed by atoms with van der Waals surface area (Å²) in [6.07, 6.45) is 5.89. The molecule has 0 aliphatic rings. The Balaban J connectivity index is 2.24. The highest BCUT2D eigenvalue weighted by Crippen LogP contribution is 2.01. The molecule has 0 aromatic heterocycles. The lowest BCUT2D eigenvalue weighted by Crippen LogP contribution is -1.94. The summed E-state index contributed by atoms with van der Waals surface area (Å²) in [4.78, 5) is 10.3. The van der Waals surface area contributed by atoms with Gasteiger partial charge in [-0.25, -0.2) is 0 Å². The molecule has 1 rings (SSSR count). The number of carbonyl (C=O) groups is 1. The summed E-state index contributed by atoms with van der Waals surface area (Å²) >= 11 is 0. The van der Waals surface area contributed by atoms with Crippen LogP contribution in [0.4, 0.5) is 0 Å². The van der Waals surface area contributed by atoms with Gasteiger partial charge in [0.25, 0.3) is 0 Å². The van der Waals surface area contributed by atoms with Gasteiger partial charge in [-0.1, -0.05) is 42.5 Å². The predicted octanol–water partition coefficient (Wildman–Crippen LogP) is 2.38. The molecule has 0 fully saturated rings. The lowest BCUT2D eigenvalue weighted by atomic mass is 10.1. The Hall–Kier alpha value is -1.57. The van der Waals surface area contributed by atoms with Crippen LogP contribution in [0, 0.1) is 0 Å². The number of hydrogen-bond acceptors (Lipinski definition) is 1. The molecule has 0 saturated heterocycles. The van der Waals surface area contributed by atoms with Gasteiger partial charge in [-0.05, 0) is 18.4 Å². The molecule has 1 aromatic carbocycles. The summed E-state index contributed by atoms with van der Waals surface area (Å²) in [5.74, 6) is -0.491. The maximum atomic E-state index is 10.3. The summed E-state index contributed by atoms with van der Waals surface area (Å²) in [7, 11) is 0. The van der Waals surface area contributed by atoms with E-state index < -0.39 is 5.91 Å². The molecule has 0 aliphatic heterocycles. The molecule has 0 atom stereocenters. The lowest BCUT2D eigenvalue weighted by Gasteiger charge is -1.93. The molecule has 0 bridgehead atoms. The predicted molar refractivity (Wildman–Crippen MR) is 56.6 cm³/mol. The van der Waals surface area contributed by atoms with E-state index in [2.05, 4.69) is 12.1 Å². The number of nitrogens with one attached hydrogen (secondary N) is 1. The third-order valence-corrected chi connectivity index (χ3v) is 1.90. The van der Waals surface area contributed by atoms with Crippen LogP contribution in [0.1, 0.15) is 18.4 Å². The maximum Gasteiger partial charge on any atom is 0.238 e. The Kier molecular flexibility index (Phi) is 4.48. The van der Waals surface area contributed by atoms with E-state index in [0.717, 1.165) is 6.42 Å². The van der Waals surface area contributed by atoms with E-state index in [4.69, 9.17) is 5.73 Å². The lowest BCUT2D eigenvalue weighted by molar-refractivity contribution is -0.118. The molecule has 14 heavy (non-hydrogen) atoms. The Morgan fingerprint density at radius 3 is 2.57 bits per heavy atom. The highest BCUT2D eigenvalue weighted by Gasteiger charge is 1.90. The molecule has 0 heterocycles. The van der Waals surface area contributed by atoms with Crippen molar-refractivity contribution in [2.45, 2.75) is 19.3 Å². The largest absolute Gasteiger partial charge is 0.273 e. The fourth-order valence-corrected chi connectivity index (χ4v) is 1.17. The van der Waals surface area contributed by atoms with Crippen LogP contribution in [-0.2, 0) is 11.2 Å². The molecule has 1 radical (unpaired) electrons. The van der Waals surface area contributed by atoms with Crippen LogP contribution in [0.25, 0.3) is 0 Å². The standard InChI is InChI=1S/C12H14NO/c13-12(14)10-6-2-5-9-11-7-3-1-4-8-11/h1-5,7-8,13H,6,9-10H2.